The molecule has 0 bridgehead atoms. The van der Waals surface area contributed by atoms with E-state index in [0.29, 0.717) is 11.9 Å². The highest BCUT2D eigenvalue weighted by molar-refractivity contribution is 9.09. The first-order valence-corrected chi connectivity index (χ1v) is 6.70. The van der Waals surface area contributed by atoms with Crippen LogP contribution in [-0.2, 0) is 14.3 Å². The van der Waals surface area contributed by atoms with E-state index in [1.165, 1.54) is 6.92 Å². The van der Waals surface area contributed by atoms with Gasteiger partial charge in [-0.1, -0.05) is 15.9 Å². The molecule has 1 amide bonds. The number of hydrogen-bond acceptors (Lipinski definition) is 6. The molecule has 1 rings (SSSR count). The van der Waals surface area contributed by atoms with Gasteiger partial charge in [0.2, 0.25) is 5.91 Å². The third-order valence-corrected chi connectivity index (χ3v) is 2.93. The highest BCUT2D eigenvalue weighted by Crippen LogP contribution is 2.22. The molecule has 7 nitrogen and oxygen atoms in total. The van der Waals surface area contributed by atoms with Gasteiger partial charge in [-0.05, 0) is 0 Å². The summed E-state index contributed by atoms with van der Waals surface area (Å²) in [6.45, 7) is 1.15. The summed E-state index contributed by atoms with van der Waals surface area (Å²) < 4.78 is 10.6. The summed E-state index contributed by atoms with van der Waals surface area (Å²) in [7, 11) is 0. The summed E-state index contributed by atoms with van der Waals surface area (Å²) in [6, 6.07) is -0.876. The number of rotatable bonds is 5. The molecular weight excluding hydrogens is 310 g/mol. The molecule has 4 N–H and O–H groups in total. The van der Waals surface area contributed by atoms with E-state index in [-0.39, 0.29) is 5.91 Å². The van der Waals surface area contributed by atoms with Gasteiger partial charge in [-0.2, -0.15) is 0 Å². The van der Waals surface area contributed by atoms with E-state index in [0.717, 1.165) is 0 Å². The number of amides is 1. The largest absolute Gasteiger partial charge is 0.394 e. The molecule has 0 spiro atoms. The summed E-state index contributed by atoms with van der Waals surface area (Å²) in [5.41, 5.74) is 0. The van der Waals surface area contributed by atoms with Gasteiger partial charge in [-0.25, -0.2) is 0 Å². The molecule has 8 heteroatoms. The quantitative estimate of drug-likeness (QED) is 0.450. The molecule has 1 fully saturated rings. The van der Waals surface area contributed by atoms with Crippen molar-refractivity contribution in [2.45, 2.75) is 37.6 Å². The van der Waals surface area contributed by atoms with Gasteiger partial charge in [0.05, 0.1) is 13.2 Å². The number of alkyl halides is 1. The van der Waals surface area contributed by atoms with Crippen molar-refractivity contribution in [1.29, 1.82) is 0 Å². The Morgan fingerprint density at radius 2 is 2.11 bits per heavy atom. The summed E-state index contributed by atoms with van der Waals surface area (Å²) in [5, 5.41) is 31.7. The summed E-state index contributed by atoms with van der Waals surface area (Å²) in [6.07, 6.45) is -4.40. The molecule has 0 radical (unpaired) electrons. The van der Waals surface area contributed by atoms with E-state index in [2.05, 4.69) is 21.2 Å². The smallest absolute Gasteiger partial charge is 0.217 e. The van der Waals surface area contributed by atoms with Crippen molar-refractivity contribution in [3.05, 3.63) is 0 Å². The Kier molecular flexibility index (Phi) is 6.47. The first kappa shape index (κ1) is 15.8. The standard InChI is InChI=1S/C10H18BrNO6/c1-5(14)12-7-9(16)8(15)6(4-13)18-10(7)17-3-2-11/h6-10,13,15-16H,2-4H2,1H3,(H,12,14)/t6-,7+,8-,9-,10+/m1/s1. The molecule has 1 aliphatic heterocycles. The van der Waals surface area contributed by atoms with Crippen molar-refractivity contribution in [3.63, 3.8) is 0 Å². The minimum atomic E-state index is -1.28. The third-order valence-electron chi connectivity index (χ3n) is 2.61. The molecule has 0 aromatic rings. The van der Waals surface area contributed by atoms with Crippen LogP contribution in [0.25, 0.3) is 0 Å². The van der Waals surface area contributed by atoms with Crippen molar-refractivity contribution in [2.24, 2.45) is 0 Å². The summed E-state index contributed by atoms with van der Waals surface area (Å²) in [4.78, 5) is 11.1. The molecule has 5 atom stereocenters. The minimum Gasteiger partial charge on any atom is -0.394 e. The van der Waals surface area contributed by atoms with Crippen LogP contribution in [0, 0.1) is 0 Å². The van der Waals surface area contributed by atoms with Crippen LogP contribution in [-0.4, -0.2) is 70.4 Å². The SMILES string of the molecule is CC(=O)N[C@@H]1[C@@H](OCCBr)O[C@H](CO)[C@@H](O)[C@@H]1O. The Hall–Kier alpha value is -0.250. The summed E-state index contributed by atoms with van der Waals surface area (Å²) >= 11 is 3.18. The van der Waals surface area contributed by atoms with E-state index < -0.39 is 37.3 Å². The zero-order valence-corrected chi connectivity index (χ0v) is 11.5. The normalized spacial score (nSPS) is 36.4. The molecule has 0 aromatic heterocycles. The maximum absolute atomic E-state index is 11.1. The Balaban J connectivity index is 2.76. The van der Waals surface area contributed by atoms with Gasteiger partial charge in [0.15, 0.2) is 6.29 Å². The van der Waals surface area contributed by atoms with Crippen LogP contribution in [0.5, 0.6) is 0 Å². The number of nitrogens with one attached hydrogen (secondary N) is 1. The molecule has 0 unspecified atom stereocenters. The lowest BCUT2D eigenvalue weighted by Crippen LogP contribution is -2.64. The molecular formula is C10H18BrNO6. The molecule has 106 valence electrons. The van der Waals surface area contributed by atoms with Gasteiger partial charge < -0.3 is 30.1 Å². The average Bonchev–Trinajstić information content (AvgIpc) is 2.33. The zero-order valence-electron chi connectivity index (χ0n) is 9.95. The summed E-state index contributed by atoms with van der Waals surface area (Å²) in [5.74, 6) is -0.371. The van der Waals surface area contributed by atoms with Crippen molar-refractivity contribution in [3.8, 4) is 0 Å². The number of halogens is 1. The molecule has 1 saturated heterocycles. The van der Waals surface area contributed by atoms with Crippen molar-refractivity contribution >= 4 is 21.8 Å². The number of hydrogen-bond donors (Lipinski definition) is 4. The Labute approximate surface area is 113 Å². The predicted molar refractivity (Wildman–Crippen MR) is 65.1 cm³/mol. The molecule has 1 aliphatic rings. The number of aliphatic hydroxyl groups excluding tert-OH is 3. The van der Waals surface area contributed by atoms with Crippen LogP contribution in [0.4, 0.5) is 0 Å². The number of aliphatic hydroxyl groups is 3. The average molecular weight is 328 g/mol. The van der Waals surface area contributed by atoms with Crippen molar-refractivity contribution in [1.82, 2.24) is 5.32 Å². The number of carbonyl (C=O) groups excluding carboxylic acids is 1. The molecule has 0 saturated carbocycles. The van der Waals surface area contributed by atoms with Crippen LogP contribution in [0.1, 0.15) is 6.92 Å². The van der Waals surface area contributed by atoms with Crippen LogP contribution in [0.3, 0.4) is 0 Å². The van der Waals surface area contributed by atoms with E-state index in [4.69, 9.17) is 14.6 Å². The topological polar surface area (TPSA) is 108 Å². The second kappa shape index (κ2) is 7.37. The lowest BCUT2D eigenvalue weighted by atomic mass is 9.97. The zero-order chi connectivity index (χ0) is 13.7. The molecule has 1 heterocycles. The van der Waals surface area contributed by atoms with Gasteiger partial charge in [-0.15, -0.1) is 0 Å². The fourth-order valence-corrected chi connectivity index (χ4v) is 1.96. The molecule has 0 aliphatic carbocycles. The molecule has 18 heavy (non-hydrogen) atoms. The number of carbonyl (C=O) groups is 1. The monoisotopic (exact) mass is 327 g/mol. The van der Waals surface area contributed by atoms with E-state index in [1.54, 1.807) is 0 Å². The second-order valence-electron chi connectivity index (χ2n) is 3.99. The maximum Gasteiger partial charge on any atom is 0.217 e. The first-order chi connectivity index (χ1) is 8.51. The second-order valence-corrected chi connectivity index (χ2v) is 4.79. The molecule has 0 aromatic carbocycles. The third kappa shape index (κ3) is 3.87. The van der Waals surface area contributed by atoms with Gasteiger partial charge in [0, 0.05) is 12.3 Å². The van der Waals surface area contributed by atoms with E-state index in [9.17, 15) is 15.0 Å². The van der Waals surface area contributed by atoms with Crippen LogP contribution in [0.15, 0.2) is 0 Å². The van der Waals surface area contributed by atoms with Gasteiger partial charge in [0.1, 0.15) is 24.4 Å². The number of ether oxygens (including phenoxy) is 2. The van der Waals surface area contributed by atoms with Gasteiger partial charge >= 0.3 is 0 Å². The minimum absolute atomic E-state index is 0.307. The van der Waals surface area contributed by atoms with E-state index in [1.807, 2.05) is 0 Å². The van der Waals surface area contributed by atoms with Crippen molar-refractivity contribution < 1.29 is 29.6 Å². The lowest BCUT2D eigenvalue weighted by Gasteiger charge is -2.42. The van der Waals surface area contributed by atoms with Crippen molar-refractivity contribution in [2.75, 3.05) is 18.5 Å². The highest BCUT2D eigenvalue weighted by Gasteiger charge is 2.45. The van der Waals surface area contributed by atoms with Crippen LogP contribution < -0.4 is 5.32 Å². The maximum atomic E-state index is 11.1. The Bertz CT molecular complexity index is 279. The first-order valence-electron chi connectivity index (χ1n) is 5.58. The van der Waals surface area contributed by atoms with Crippen LogP contribution >= 0.6 is 15.9 Å². The fourth-order valence-electron chi connectivity index (χ4n) is 1.77. The van der Waals surface area contributed by atoms with Gasteiger partial charge in [0.25, 0.3) is 0 Å². The predicted octanol–water partition coefficient (Wildman–Crippen LogP) is -1.66. The van der Waals surface area contributed by atoms with E-state index >= 15 is 0 Å². The Morgan fingerprint density at radius 1 is 1.44 bits per heavy atom. The Morgan fingerprint density at radius 3 is 2.61 bits per heavy atom. The fraction of sp³-hybridized carbons (Fsp3) is 0.900. The van der Waals surface area contributed by atoms with Gasteiger partial charge in [-0.3, -0.25) is 4.79 Å². The van der Waals surface area contributed by atoms with Crippen LogP contribution in [0.2, 0.25) is 0 Å². The lowest BCUT2D eigenvalue weighted by molar-refractivity contribution is -0.268. The highest BCUT2D eigenvalue weighted by atomic mass is 79.9.